The molecule has 1 aromatic heterocycles. The Hall–Kier alpha value is -1.46. The lowest BCUT2D eigenvalue weighted by Gasteiger charge is -2.19. The zero-order chi connectivity index (χ0) is 15.3. The number of nitrogens with one attached hydrogen (secondary N) is 1. The number of aliphatic hydroxyl groups excluding tert-OH is 1. The molecule has 0 radical (unpaired) electrons. The fourth-order valence-corrected chi connectivity index (χ4v) is 3.43. The summed E-state index contributed by atoms with van der Waals surface area (Å²) in [5, 5.41) is 8.66. The van der Waals surface area contributed by atoms with Gasteiger partial charge in [-0.2, -0.15) is 0 Å². The summed E-state index contributed by atoms with van der Waals surface area (Å²) in [4.78, 5) is 3.95. The van der Waals surface area contributed by atoms with E-state index in [0.717, 1.165) is 6.42 Å². The van der Waals surface area contributed by atoms with Crippen LogP contribution in [-0.4, -0.2) is 44.4 Å². The zero-order valence-electron chi connectivity index (χ0n) is 11.7. The lowest BCUT2D eigenvalue weighted by Crippen LogP contribution is -2.38. The van der Waals surface area contributed by atoms with Crippen molar-refractivity contribution in [3.8, 4) is 11.8 Å². The van der Waals surface area contributed by atoms with Gasteiger partial charge < -0.3 is 9.84 Å². The van der Waals surface area contributed by atoms with Crippen molar-refractivity contribution in [2.45, 2.75) is 24.3 Å². The third kappa shape index (κ3) is 4.25. The summed E-state index contributed by atoms with van der Waals surface area (Å²) < 4.78 is 32.6. The Labute approximate surface area is 124 Å². The van der Waals surface area contributed by atoms with E-state index in [-0.39, 0.29) is 23.5 Å². The van der Waals surface area contributed by atoms with Crippen LogP contribution in [0.15, 0.2) is 23.4 Å². The van der Waals surface area contributed by atoms with E-state index in [0.29, 0.717) is 18.8 Å². The van der Waals surface area contributed by atoms with Crippen molar-refractivity contribution in [2.75, 3.05) is 19.8 Å². The van der Waals surface area contributed by atoms with Gasteiger partial charge in [0.15, 0.2) is 0 Å². The normalized spacial score (nSPS) is 19.8. The molecule has 2 atom stereocenters. The van der Waals surface area contributed by atoms with E-state index >= 15 is 0 Å². The maximum absolute atomic E-state index is 12.3. The maximum atomic E-state index is 12.3. The second-order valence-corrected chi connectivity index (χ2v) is 6.62. The Kier molecular flexibility index (Phi) is 5.31. The van der Waals surface area contributed by atoms with Crippen molar-refractivity contribution >= 4 is 10.0 Å². The molecule has 0 saturated carbocycles. The Bertz CT molecular complexity index is 642. The minimum absolute atomic E-state index is 0.0676. The van der Waals surface area contributed by atoms with Crippen LogP contribution < -0.4 is 4.72 Å². The minimum Gasteiger partial charge on any atom is -0.384 e. The van der Waals surface area contributed by atoms with Gasteiger partial charge in [-0.25, -0.2) is 13.1 Å². The molecule has 7 heteroatoms. The molecule has 1 saturated heterocycles. The largest absolute Gasteiger partial charge is 0.384 e. The van der Waals surface area contributed by atoms with Gasteiger partial charge in [-0.3, -0.25) is 4.98 Å². The molecule has 1 aliphatic rings. The van der Waals surface area contributed by atoms with Crippen molar-refractivity contribution < 1.29 is 18.3 Å². The molecule has 114 valence electrons. The highest BCUT2D eigenvalue weighted by Crippen LogP contribution is 2.18. The van der Waals surface area contributed by atoms with E-state index in [1.165, 1.54) is 18.5 Å². The zero-order valence-corrected chi connectivity index (χ0v) is 12.6. The number of aromatic nitrogens is 1. The van der Waals surface area contributed by atoms with Crippen LogP contribution in [0.1, 0.15) is 18.9 Å². The van der Waals surface area contributed by atoms with Crippen LogP contribution in [-0.2, 0) is 14.8 Å². The smallest absolute Gasteiger partial charge is 0.242 e. The molecule has 1 aliphatic heterocycles. The number of ether oxygens (including phenoxy) is 1. The molecule has 2 heterocycles. The Morgan fingerprint density at radius 3 is 3.05 bits per heavy atom. The van der Waals surface area contributed by atoms with Gasteiger partial charge >= 0.3 is 0 Å². The van der Waals surface area contributed by atoms with Gasteiger partial charge in [-0.1, -0.05) is 11.8 Å². The maximum Gasteiger partial charge on any atom is 0.242 e. The molecule has 2 rings (SSSR count). The predicted octanol–water partition coefficient (Wildman–Crippen LogP) is 0.129. The van der Waals surface area contributed by atoms with E-state index in [1.54, 1.807) is 0 Å². The highest BCUT2D eigenvalue weighted by atomic mass is 32.2. The number of hydrogen-bond acceptors (Lipinski definition) is 5. The first-order chi connectivity index (χ1) is 10.0. The van der Waals surface area contributed by atoms with Crippen molar-refractivity contribution in [1.29, 1.82) is 0 Å². The summed E-state index contributed by atoms with van der Waals surface area (Å²) in [6.07, 6.45) is 3.59. The van der Waals surface area contributed by atoms with Crippen LogP contribution in [0.4, 0.5) is 0 Å². The average molecular weight is 310 g/mol. The molecule has 0 spiro atoms. The molecular formula is C14H18N2O4S. The third-order valence-electron chi connectivity index (χ3n) is 3.35. The molecule has 0 aromatic carbocycles. The summed E-state index contributed by atoms with van der Waals surface area (Å²) in [6, 6.07) is 1.24. The first-order valence-electron chi connectivity index (χ1n) is 6.68. The quantitative estimate of drug-likeness (QED) is 0.772. The van der Waals surface area contributed by atoms with E-state index in [9.17, 15) is 8.42 Å². The minimum atomic E-state index is -3.64. The topological polar surface area (TPSA) is 88.5 Å². The predicted molar refractivity (Wildman–Crippen MR) is 76.9 cm³/mol. The third-order valence-corrected chi connectivity index (χ3v) is 4.87. The van der Waals surface area contributed by atoms with Gasteiger partial charge in [-0.15, -0.1) is 0 Å². The second kappa shape index (κ2) is 7.00. The standard InChI is InChI=1S/C14H18N2O4S/c1-11(13-4-6-20-10-13)16-21(18,19)14-7-12(3-2-5-17)8-15-9-14/h7-9,11,13,16-17H,4-6,10H2,1H3. The molecule has 2 unspecified atom stereocenters. The number of aliphatic hydroxyl groups is 1. The van der Waals surface area contributed by atoms with Gasteiger partial charge in [-0.05, 0) is 19.4 Å². The monoisotopic (exact) mass is 310 g/mol. The van der Waals surface area contributed by atoms with Gasteiger partial charge in [0.2, 0.25) is 10.0 Å². The van der Waals surface area contributed by atoms with E-state index in [4.69, 9.17) is 9.84 Å². The summed E-state index contributed by atoms with van der Waals surface area (Å²) >= 11 is 0. The molecule has 0 bridgehead atoms. The number of nitrogens with zero attached hydrogens (tertiary/aromatic N) is 1. The van der Waals surface area contributed by atoms with Crippen molar-refractivity contribution in [1.82, 2.24) is 9.71 Å². The van der Waals surface area contributed by atoms with Gasteiger partial charge in [0.05, 0.1) is 6.61 Å². The first kappa shape index (κ1) is 15.9. The van der Waals surface area contributed by atoms with E-state index in [1.807, 2.05) is 6.92 Å². The van der Waals surface area contributed by atoms with Crippen molar-refractivity contribution in [3.63, 3.8) is 0 Å². The highest BCUT2D eigenvalue weighted by Gasteiger charge is 2.27. The molecule has 2 N–H and O–H groups in total. The lowest BCUT2D eigenvalue weighted by atomic mass is 10.0. The fraction of sp³-hybridized carbons (Fsp3) is 0.500. The molecule has 1 aromatic rings. The lowest BCUT2D eigenvalue weighted by molar-refractivity contribution is 0.180. The molecule has 1 fully saturated rings. The van der Waals surface area contributed by atoms with Crippen molar-refractivity contribution in [3.05, 3.63) is 24.0 Å². The summed E-state index contributed by atoms with van der Waals surface area (Å²) in [5.41, 5.74) is 0.448. The summed E-state index contributed by atoms with van der Waals surface area (Å²) in [5.74, 6) is 5.29. The summed E-state index contributed by atoms with van der Waals surface area (Å²) in [6.45, 7) is 2.79. The number of rotatable bonds is 4. The number of pyridine rings is 1. The fourth-order valence-electron chi connectivity index (χ4n) is 2.13. The highest BCUT2D eigenvalue weighted by molar-refractivity contribution is 7.89. The Morgan fingerprint density at radius 1 is 1.57 bits per heavy atom. The van der Waals surface area contributed by atoms with Crippen LogP contribution in [0.3, 0.4) is 0 Å². The number of sulfonamides is 1. The van der Waals surface area contributed by atoms with Gasteiger partial charge in [0.1, 0.15) is 11.5 Å². The Morgan fingerprint density at radius 2 is 2.38 bits per heavy atom. The van der Waals surface area contributed by atoms with Crippen LogP contribution in [0, 0.1) is 17.8 Å². The summed E-state index contributed by atoms with van der Waals surface area (Å²) in [7, 11) is -3.64. The van der Waals surface area contributed by atoms with E-state index < -0.39 is 10.0 Å². The van der Waals surface area contributed by atoms with E-state index in [2.05, 4.69) is 21.5 Å². The van der Waals surface area contributed by atoms with Gasteiger partial charge in [0.25, 0.3) is 0 Å². The van der Waals surface area contributed by atoms with Crippen LogP contribution in [0.5, 0.6) is 0 Å². The van der Waals surface area contributed by atoms with Gasteiger partial charge in [0, 0.05) is 36.5 Å². The first-order valence-corrected chi connectivity index (χ1v) is 8.16. The second-order valence-electron chi connectivity index (χ2n) is 4.90. The molecule has 0 amide bonds. The molecule has 21 heavy (non-hydrogen) atoms. The average Bonchev–Trinajstić information content (AvgIpc) is 2.99. The Balaban J connectivity index is 2.15. The number of hydrogen-bond donors (Lipinski definition) is 2. The molecular weight excluding hydrogens is 292 g/mol. The van der Waals surface area contributed by atoms with Crippen LogP contribution in [0.25, 0.3) is 0 Å². The molecule has 6 nitrogen and oxygen atoms in total. The SMILES string of the molecule is CC(NS(=O)(=O)c1cncc(C#CCO)c1)C1CCOC1. The molecule has 0 aliphatic carbocycles. The van der Waals surface area contributed by atoms with Crippen LogP contribution in [0.2, 0.25) is 0 Å². The van der Waals surface area contributed by atoms with Crippen LogP contribution >= 0.6 is 0 Å². The van der Waals surface area contributed by atoms with Crippen molar-refractivity contribution in [2.24, 2.45) is 5.92 Å².